The Kier molecular flexibility index (Phi) is 11.1. The Morgan fingerprint density at radius 1 is 0.667 bits per heavy atom. The number of alkyl halides is 1. The zero-order valence-electron chi connectivity index (χ0n) is 24.4. The van der Waals surface area contributed by atoms with Gasteiger partial charge in [-0.05, 0) is 48.6 Å². The first-order valence-corrected chi connectivity index (χ1v) is 15.8. The SMILES string of the molecule is Cc1cc(C)c(S[C@@H]2[C@@H](OCc3ccccc3)[C@H](OCc3ccccc3)[C@@H](COCc3ccccc3)O[C@@H]2Cl)c(C)c1. The fourth-order valence-electron chi connectivity index (χ4n) is 5.41. The third-order valence-electron chi connectivity index (χ3n) is 7.40. The van der Waals surface area contributed by atoms with Crippen molar-refractivity contribution in [1.29, 1.82) is 0 Å². The number of aryl methyl sites for hydroxylation is 3. The van der Waals surface area contributed by atoms with E-state index >= 15 is 0 Å². The third-order valence-corrected chi connectivity index (χ3v) is 9.59. The molecule has 0 spiro atoms. The second kappa shape index (κ2) is 15.2. The molecule has 1 heterocycles. The largest absolute Gasteiger partial charge is 0.374 e. The highest BCUT2D eigenvalue weighted by atomic mass is 35.5. The van der Waals surface area contributed by atoms with Crippen molar-refractivity contribution in [2.24, 2.45) is 0 Å². The van der Waals surface area contributed by atoms with Crippen LogP contribution in [0.25, 0.3) is 0 Å². The van der Waals surface area contributed by atoms with E-state index in [1.54, 1.807) is 11.8 Å². The fraction of sp³-hybridized carbons (Fsp3) is 0.333. The quantitative estimate of drug-likeness (QED) is 0.152. The summed E-state index contributed by atoms with van der Waals surface area (Å²) in [5.74, 6) is 0. The van der Waals surface area contributed by atoms with Crippen molar-refractivity contribution in [3.63, 3.8) is 0 Å². The van der Waals surface area contributed by atoms with Crippen LogP contribution in [-0.4, -0.2) is 35.7 Å². The van der Waals surface area contributed by atoms with Crippen LogP contribution in [0.1, 0.15) is 33.4 Å². The molecule has 1 aliphatic heterocycles. The molecule has 1 fully saturated rings. The molecule has 42 heavy (non-hydrogen) atoms. The molecule has 5 rings (SSSR count). The van der Waals surface area contributed by atoms with Crippen molar-refractivity contribution in [2.75, 3.05) is 6.61 Å². The molecule has 4 aromatic carbocycles. The van der Waals surface area contributed by atoms with Gasteiger partial charge < -0.3 is 18.9 Å². The van der Waals surface area contributed by atoms with E-state index in [9.17, 15) is 0 Å². The smallest absolute Gasteiger partial charge is 0.146 e. The number of thioether (sulfide) groups is 1. The highest BCUT2D eigenvalue weighted by molar-refractivity contribution is 8.00. The molecule has 0 N–H and O–H groups in total. The molecule has 6 heteroatoms. The van der Waals surface area contributed by atoms with Crippen molar-refractivity contribution in [3.8, 4) is 0 Å². The number of benzene rings is 4. The number of halogens is 1. The van der Waals surface area contributed by atoms with Crippen LogP contribution in [-0.2, 0) is 38.8 Å². The predicted octanol–water partition coefficient (Wildman–Crippen LogP) is 8.42. The normalized spacial score (nSPS) is 22.2. The molecule has 0 amide bonds. The highest BCUT2D eigenvalue weighted by Gasteiger charge is 2.47. The van der Waals surface area contributed by atoms with E-state index in [0.717, 1.165) is 16.7 Å². The Balaban J connectivity index is 1.43. The molecular weight excluding hydrogens is 564 g/mol. The van der Waals surface area contributed by atoms with E-state index in [0.29, 0.717) is 26.4 Å². The monoisotopic (exact) mass is 602 g/mol. The second-order valence-corrected chi connectivity index (χ2v) is 12.5. The molecule has 0 bridgehead atoms. The second-order valence-electron chi connectivity index (χ2n) is 10.9. The van der Waals surface area contributed by atoms with E-state index in [4.69, 9.17) is 30.5 Å². The molecule has 4 aromatic rings. The summed E-state index contributed by atoms with van der Waals surface area (Å²) in [6, 6.07) is 35.0. The molecule has 5 atom stereocenters. The van der Waals surface area contributed by atoms with E-state index in [-0.39, 0.29) is 11.4 Å². The Morgan fingerprint density at radius 3 is 1.67 bits per heavy atom. The Bertz CT molecular complexity index is 1360. The number of hydrogen-bond donors (Lipinski definition) is 0. The summed E-state index contributed by atoms with van der Waals surface area (Å²) in [5, 5.41) is -0.207. The molecule has 1 aliphatic rings. The van der Waals surface area contributed by atoms with Crippen molar-refractivity contribution >= 4 is 23.4 Å². The molecule has 0 radical (unpaired) electrons. The zero-order chi connectivity index (χ0) is 29.3. The molecule has 1 saturated heterocycles. The third kappa shape index (κ3) is 8.25. The van der Waals surface area contributed by atoms with Crippen LogP contribution in [0.15, 0.2) is 108 Å². The Hall–Kier alpha value is -2.64. The zero-order valence-corrected chi connectivity index (χ0v) is 26.0. The van der Waals surface area contributed by atoms with Gasteiger partial charge in [0.1, 0.15) is 23.9 Å². The van der Waals surface area contributed by atoms with Gasteiger partial charge in [-0.2, -0.15) is 0 Å². The van der Waals surface area contributed by atoms with E-state index in [2.05, 4.69) is 69.3 Å². The molecule has 220 valence electrons. The lowest BCUT2D eigenvalue weighted by Crippen LogP contribution is -2.58. The van der Waals surface area contributed by atoms with Gasteiger partial charge in [0.25, 0.3) is 0 Å². The maximum Gasteiger partial charge on any atom is 0.146 e. The molecule has 0 aromatic heterocycles. The van der Waals surface area contributed by atoms with Crippen LogP contribution in [0, 0.1) is 20.8 Å². The van der Waals surface area contributed by atoms with E-state index < -0.39 is 17.8 Å². The lowest BCUT2D eigenvalue weighted by molar-refractivity contribution is -0.202. The summed E-state index contributed by atoms with van der Waals surface area (Å²) < 4.78 is 26.1. The number of hydrogen-bond acceptors (Lipinski definition) is 5. The number of ether oxygens (including phenoxy) is 4. The van der Waals surface area contributed by atoms with Crippen LogP contribution in [0.4, 0.5) is 0 Å². The molecular formula is C36H39ClO4S. The van der Waals surface area contributed by atoms with Crippen LogP contribution in [0.2, 0.25) is 0 Å². The van der Waals surface area contributed by atoms with Crippen LogP contribution in [0.3, 0.4) is 0 Å². The molecule has 0 aliphatic carbocycles. The lowest BCUT2D eigenvalue weighted by Gasteiger charge is -2.44. The summed E-state index contributed by atoms with van der Waals surface area (Å²) in [7, 11) is 0. The summed E-state index contributed by atoms with van der Waals surface area (Å²) in [6.07, 6.45) is -1.15. The van der Waals surface area contributed by atoms with Gasteiger partial charge in [0.05, 0.1) is 31.7 Å². The minimum Gasteiger partial charge on any atom is -0.374 e. The van der Waals surface area contributed by atoms with Gasteiger partial charge >= 0.3 is 0 Å². The summed E-state index contributed by atoms with van der Waals surface area (Å²) in [6.45, 7) is 8.12. The van der Waals surface area contributed by atoms with Crippen LogP contribution >= 0.6 is 23.4 Å². The fourth-order valence-corrected chi connectivity index (χ4v) is 7.14. The predicted molar refractivity (Wildman–Crippen MR) is 171 cm³/mol. The molecule has 0 unspecified atom stereocenters. The van der Waals surface area contributed by atoms with Gasteiger partial charge in [-0.1, -0.05) is 120 Å². The average molecular weight is 603 g/mol. The molecule has 0 saturated carbocycles. The van der Waals surface area contributed by atoms with Crippen molar-refractivity contribution in [2.45, 2.75) is 74.6 Å². The Labute approximate surface area is 259 Å². The van der Waals surface area contributed by atoms with Crippen molar-refractivity contribution in [3.05, 3.63) is 137 Å². The average Bonchev–Trinajstić information content (AvgIpc) is 3.00. The van der Waals surface area contributed by atoms with Gasteiger partial charge in [0, 0.05) is 4.90 Å². The van der Waals surface area contributed by atoms with Gasteiger partial charge in [-0.15, -0.1) is 11.8 Å². The van der Waals surface area contributed by atoms with Crippen LogP contribution < -0.4 is 0 Å². The summed E-state index contributed by atoms with van der Waals surface area (Å²) in [5.41, 5.74) is 6.38. The molecule has 4 nitrogen and oxygen atoms in total. The summed E-state index contributed by atoms with van der Waals surface area (Å²) in [4.78, 5) is 1.20. The Morgan fingerprint density at radius 2 is 1.14 bits per heavy atom. The summed E-state index contributed by atoms with van der Waals surface area (Å²) >= 11 is 8.81. The highest BCUT2D eigenvalue weighted by Crippen LogP contribution is 2.42. The topological polar surface area (TPSA) is 36.9 Å². The first kappa shape index (κ1) is 30.8. The van der Waals surface area contributed by atoms with Crippen LogP contribution in [0.5, 0.6) is 0 Å². The van der Waals surface area contributed by atoms with Crippen molar-refractivity contribution in [1.82, 2.24) is 0 Å². The minimum absolute atomic E-state index is 0.207. The number of rotatable bonds is 12. The first-order chi connectivity index (χ1) is 20.5. The maximum atomic E-state index is 7.08. The lowest BCUT2D eigenvalue weighted by atomic mass is 10.0. The van der Waals surface area contributed by atoms with Gasteiger partial charge in [0.2, 0.25) is 0 Å². The van der Waals surface area contributed by atoms with E-state index in [1.807, 2.05) is 54.6 Å². The van der Waals surface area contributed by atoms with Gasteiger partial charge in [-0.25, -0.2) is 0 Å². The van der Waals surface area contributed by atoms with Gasteiger partial charge in [0.15, 0.2) is 0 Å². The first-order valence-electron chi connectivity index (χ1n) is 14.4. The minimum atomic E-state index is -0.599. The van der Waals surface area contributed by atoms with Gasteiger partial charge in [-0.3, -0.25) is 0 Å². The standard InChI is InChI=1S/C36H39ClO4S/c1-25-19-26(2)34(27(3)20-25)42-35-33(40-23-30-17-11-6-12-18-30)32(39-22-29-15-9-5-10-16-29)31(41-36(35)37)24-38-21-28-13-7-4-8-14-28/h4-20,31-33,35-36H,21-24H2,1-3H3/t31-,32-,33+,35-,36+/m1/s1. The van der Waals surface area contributed by atoms with E-state index in [1.165, 1.54) is 21.6 Å². The van der Waals surface area contributed by atoms with Crippen molar-refractivity contribution < 1.29 is 18.9 Å². The maximum absolute atomic E-state index is 7.08.